The standard InChI is InChI=1S/C8H8ClNS.CHF3O3S/c1-10-6-4-2-3-5-7(6)11-8(10)9;2-1(3,4)8(5,6)7/h2-5,8H,1H3;(H,5,6,7). The van der Waals surface area contributed by atoms with Gasteiger partial charge in [0.1, 0.15) is 0 Å². The van der Waals surface area contributed by atoms with Crippen LogP contribution in [0.5, 0.6) is 0 Å². The van der Waals surface area contributed by atoms with E-state index in [0.29, 0.717) is 0 Å². The van der Waals surface area contributed by atoms with Crippen LogP contribution in [0.3, 0.4) is 0 Å². The maximum Gasteiger partial charge on any atom is 0.522 e. The van der Waals surface area contributed by atoms with Crippen LogP contribution in [-0.2, 0) is 10.1 Å². The number of thioether (sulfide) groups is 1. The highest BCUT2D eigenvalue weighted by Crippen LogP contribution is 2.43. The first-order valence-electron chi connectivity index (χ1n) is 4.70. The van der Waals surface area contributed by atoms with Crippen LogP contribution in [0, 0.1) is 0 Å². The van der Waals surface area contributed by atoms with Crippen molar-refractivity contribution in [3.05, 3.63) is 24.3 Å². The highest BCUT2D eigenvalue weighted by Gasteiger charge is 2.44. The first-order chi connectivity index (χ1) is 8.54. The maximum absolute atomic E-state index is 10.7. The quantitative estimate of drug-likeness (QED) is 0.341. The molecule has 10 heteroatoms. The first-order valence-corrected chi connectivity index (χ1v) is 7.46. The molecule has 1 aromatic rings. The molecule has 0 amide bonds. The van der Waals surface area contributed by atoms with Crippen LogP contribution in [0.4, 0.5) is 18.9 Å². The number of rotatable bonds is 0. The zero-order chi connectivity index (χ0) is 14.8. The molecule has 4 nitrogen and oxygen atoms in total. The van der Waals surface area contributed by atoms with Gasteiger partial charge in [-0.25, -0.2) is 0 Å². The van der Waals surface area contributed by atoms with Crippen molar-refractivity contribution in [1.82, 2.24) is 0 Å². The SMILES string of the molecule is CN1c2ccccc2SC1Cl.O=S(=O)(O)C(F)(F)F. The monoisotopic (exact) mass is 335 g/mol. The summed E-state index contributed by atoms with van der Waals surface area (Å²) in [6.45, 7) is 0. The van der Waals surface area contributed by atoms with Crippen LogP contribution in [-0.4, -0.2) is 30.4 Å². The highest BCUT2D eigenvalue weighted by molar-refractivity contribution is 8.01. The number of anilines is 1. The van der Waals surface area contributed by atoms with Crippen LogP contribution in [0.2, 0.25) is 0 Å². The molecular weight excluding hydrogens is 327 g/mol. The number of hydrogen-bond donors (Lipinski definition) is 1. The topological polar surface area (TPSA) is 57.6 Å². The smallest absolute Gasteiger partial charge is 0.349 e. The Morgan fingerprint density at radius 1 is 1.37 bits per heavy atom. The zero-order valence-corrected chi connectivity index (χ0v) is 11.8. The van der Waals surface area contributed by atoms with E-state index in [0.717, 1.165) is 0 Å². The highest BCUT2D eigenvalue weighted by atomic mass is 35.5. The molecule has 1 aliphatic heterocycles. The van der Waals surface area contributed by atoms with Gasteiger partial charge in [0.2, 0.25) is 0 Å². The number of fused-ring (bicyclic) bond motifs is 1. The summed E-state index contributed by atoms with van der Waals surface area (Å²) in [6, 6.07) is 8.25. The van der Waals surface area contributed by atoms with Crippen LogP contribution in [0.1, 0.15) is 0 Å². The van der Waals surface area contributed by atoms with E-state index in [1.807, 2.05) is 19.2 Å². The van der Waals surface area contributed by atoms with Gasteiger partial charge in [0.05, 0.1) is 5.69 Å². The maximum atomic E-state index is 10.7. The minimum Gasteiger partial charge on any atom is -0.349 e. The van der Waals surface area contributed by atoms with Crippen molar-refractivity contribution in [3.63, 3.8) is 0 Å². The number of benzene rings is 1. The number of alkyl halides is 4. The van der Waals surface area contributed by atoms with Crippen molar-refractivity contribution in [2.45, 2.75) is 15.2 Å². The van der Waals surface area contributed by atoms with E-state index in [2.05, 4.69) is 17.0 Å². The molecule has 0 bridgehead atoms. The van der Waals surface area contributed by atoms with Crippen LogP contribution in [0.15, 0.2) is 29.2 Å². The molecule has 1 aliphatic rings. The predicted octanol–water partition coefficient (Wildman–Crippen LogP) is 3.14. The molecule has 1 aromatic carbocycles. The predicted molar refractivity (Wildman–Crippen MR) is 67.9 cm³/mol. The van der Waals surface area contributed by atoms with Gasteiger partial charge in [-0.05, 0) is 12.1 Å². The van der Waals surface area contributed by atoms with Gasteiger partial charge in [0, 0.05) is 11.9 Å². The first kappa shape index (κ1) is 16.4. The van der Waals surface area contributed by atoms with E-state index in [1.54, 1.807) is 11.8 Å². The summed E-state index contributed by atoms with van der Waals surface area (Å²) in [5, 5.41) is 0. The van der Waals surface area contributed by atoms with Crippen molar-refractivity contribution in [3.8, 4) is 0 Å². The summed E-state index contributed by atoms with van der Waals surface area (Å²) < 4.78 is 57.5. The Morgan fingerprint density at radius 3 is 2.26 bits per heavy atom. The van der Waals surface area contributed by atoms with E-state index in [4.69, 9.17) is 24.6 Å². The number of hydrogen-bond acceptors (Lipinski definition) is 4. The van der Waals surface area contributed by atoms with Gasteiger partial charge in [-0.2, -0.15) is 21.6 Å². The van der Waals surface area contributed by atoms with E-state index in [-0.39, 0.29) is 4.83 Å². The molecule has 0 saturated carbocycles. The molecule has 0 saturated heterocycles. The molecule has 0 spiro atoms. The Morgan fingerprint density at radius 2 is 1.84 bits per heavy atom. The Hall–Kier alpha value is -0.640. The lowest BCUT2D eigenvalue weighted by Gasteiger charge is -2.14. The fourth-order valence-corrected chi connectivity index (χ4v) is 2.51. The van der Waals surface area contributed by atoms with Gasteiger partial charge in [0.15, 0.2) is 4.83 Å². The summed E-state index contributed by atoms with van der Waals surface area (Å²) in [6.07, 6.45) is 0. The lowest BCUT2D eigenvalue weighted by Crippen LogP contribution is -2.21. The van der Waals surface area contributed by atoms with Crippen molar-refractivity contribution in [2.75, 3.05) is 11.9 Å². The Kier molecular flexibility index (Phi) is 4.99. The third-order valence-electron chi connectivity index (χ3n) is 2.07. The lowest BCUT2D eigenvalue weighted by molar-refractivity contribution is -0.0510. The van der Waals surface area contributed by atoms with Crippen molar-refractivity contribution in [1.29, 1.82) is 0 Å². The second-order valence-electron chi connectivity index (χ2n) is 3.41. The Bertz CT molecular complexity index is 550. The third kappa shape index (κ3) is 4.16. The second-order valence-corrected chi connectivity index (χ2v) is 6.62. The average molecular weight is 336 g/mol. The molecule has 0 aliphatic carbocycles. The van der Waals surface area contributed by atoms with Crippen molar-refractivity contribution >= 4 is 39.2 Å². The van der Waals surface area contributed by atoms with Crippen molar-refractivity contribution < 1.29 is 26.1 Å². The second kappa shape index (κ2) is 5.78. The Balaban J connectivity index is 0.000000203. The molecule has 1 N–H and O–H groups in total. The van der Waals surface area contributed by atoms with Crippen LogP contribution >= 0.6 is 23.4 Å². The number of halogens is 4. The van der Waals surface area contributed by atoms with Gasteiger partial charge >= 0.3 is 15.6 Å². The zero-order valence-electron chi connectivity index (χ0n) is 9.43. The normalized spacial score (nSPS) is 18.6. The third-order valence-corrected chi connectivity index (χ3v) is 4.32. The van der Waals surface area contributed by atoms with E-state index < -0.39 is 15.6 Å². The molecule has 1 unspecified atom stereocenters. The molecule has 0 fully saturated rings. The largest absolute Gasteiger partial charge is 0.522 e. The minimum absolute atomic E-state index is 0.0624. The number of para-hydroxylation sites is 1. The van der Waals surface area contributed by atoms with Crippen LogP contribution < -0.4 is 4.90 Å². The lowest BCUT2D eigenvalue weighted by atomic mass is 10.3. The molecule has 19 heavy (non-hydrogen) atoms. The molecular formula is C9H9ClF3NO3S2. The average Bonchev–Trinajstić information content (AvgIpc) is 2.54. The molecule has 0 aromatic heterocycles. The summed E-state index contributed by atoms with van der Waals surface area (Å²) >= 11 is 7.71. The molecule has 1 atom stereocenters. The summed E-state index contributed by atoms with van der Waals surface area (Å²) in [7, 11) is -3.83. The minimum atomic E-state index is -5.84. The molecule has 2 rings (SSSR count). The van der Waals surface area contributed by atoms with E-state index >= 15 is 0 Å². The fourth-order valence-electron chi connectivity index (χ4n) is 1.14. The summed E-state index contributed by atoms with van der Waals surface area (Å²) in [5.74, 6) is 0. The summed E-state index contributed by atoms with van der Waals surface area (Å²) in [4.78, 5) is 3.41. The van der Waals surface area contributed by atoms with Crippen LogP contribution in [0.25, 0.3) is 0 Å². The molecule has 1 heterocycles. The van der Waals surface area contributed by atoms with E-state index in [9.17, 15) is 13.2 Å². The Labute approximate surface area is 117 Å². The van der Waals surface area contributed by atoms with Gasteiger partial charge in [-0.1, -0.05) is 35.5 Å². The van der Waals surface area contributed by atoms with E-state index in [1.165, 1.54) is 10.6 Å². The fraction of sp³-hybridized carbons (Fsp3) is 0.333. The van der Waals surface area contributed by atoms with Gasteiger partial charge in [-0.3, -0.25) is 4.55 Å². The number of nitrogens with zero attached hydrogens (tertiary/aromatic N) is 1. The van der Waals surface area contributed by atoms with Crippen molar-refractivity contribution in [2.24, 2.45) is 0 Å². The van der Waals surface area contributed by atoms with Gasteiger partial charge < -0.3 is 4.90 Å². The molecule has 0 radical (unpaired) electrons. The van der Waals surface area contributed by atoms with Gasteiger partial charge in [-0.15, -0.1) is 0 Å². The van der Waals surface area contributed by atoms with Gasteiger partial charge in [0.25, 0.3) is 0 Å². The summed E-state index contributed by atoms with van der Waals surface area (Å²) in [5.41, 5.74) is -4.30. The molecule has 108 valence electrons.